The van der Waals surface area contributed by atoms with Crippen LogP contribution in [-0.2, 0) is 4.57 Å². The minimum atomic E-state index is -3.11. The third kappa shape index (κ3) is 5.16. The molecule has 0 unspecified atom stereocenters. The van der Waals surface area contributed by atoms with Gasteiger partial charge in [0.2, 0.25) is 0 Å². The maximum absolute atomic E-state index is 13.4. The van der Waals surface area contributed by atoms with E-state index in [1.165, 1.54) is 0 Å². The summed E-state index contributed by atoms with van der Waals surface area (Å²) >= 11 is 0. The third-order valence-corrected chi connectivity index (χ3v) is 5.72. The second-order valence-corrected chi connectivity index (χ2v) is 7.34. The topological polar surface area (TPSA) is 32.8 Å². The van der Waals surface area contributed by atoms with Gasteiger partial charge in [-0.25, -0.2) is 13.9 Å². The highest BCUT2D eigenvalue weighted by Gasteiger charge is 2.35. The van der Waals surface area contributed by atoms with Gasteiger partial charge in [0.15, 0.2) is 0 Å². The average molecular weight is 308 g/mol. The molecule has 21 heavy (non-hydrogen) atoms. The van der Waals surface area contributed by atoms with E-state index >= 15 is 0 Å². The van der Waals surface area contributed by atoms with E-state index in [0.717, 1.165) is 12.8 Å². The average Bonchev–Trinajstić information content (AvgIpc) is 2.50. The van der Waals surface area contributed by atoms with Crippen molar-refractivity contribution in [1.29, 1.82) is 0 Å². The van der Waals surface area contributed by atoms with E-state index in [4.69, 9.17) is 4.52 Å². The van der Waals surface area contributed by atoms with Crippen molar-refractivity contribution in [2.75, 3.05) is 27.2 Å². The first kappa shape index (κ1) is 17.7. The van der Waals surface area contributed by atoms with Crippen molar-refractivity contribution in [3.63, 3.8) is 0 Å². The Balaban J connectivity index is 2.94. The largest absolute Gasteiger partial charge is 0.422 e. The van der Waals surface area contributed by atoms with E-state index in [2.05, 4.69) is 13.2 Å². The summed E-state index contributed by atoms with van der Waals surface area (Å²) < 4.78 is 22.8. The number of para-hydroxylation sites is 1. The predicted octanol–water partition coefficient (Wildman–Crippen LogP) is 4.19. The third-order valence-electron chi connectivity index (χ3n) is 3.14. The molecule has 0 heterocycles. The highest BCUT2D eigenvalue weighted by molar-refractivity contribution is 7.54. The van der Waals surface area contributed by atoms with Crippen molar-refractivity contribution in [3.8, 4) is 5.75 Å². The summed E-state index contributed by atoms with van der Waals surface area (Å²) in [4.78, 5) is 0. The molecule has 0 aliphatic carbocycles. The maximum Gasteiger partial charge on any atom is 0.395 e. The molecular weight excluding hydrogens is 283 g/mol. The Morgan fingerprint density at radius 2 is 1.52 bits per heavy atom. The van der Waals surface area contributed by atoms with Crippen LogP contribution in [0.2, 0.25) is 0 Å². The van der Waals surface area contributed by atoms with Crippen LogP contribution in [0.15, 0.2) is 55.6 Å². The molecule has 0 saturated heterocycles. The molecule has 0 aromatic heterocycles. The quantitative estimate of drug-likeness (QED) is 0.479. The van der Waals surface area contributed by atoms with Crippen LogP contribution in [-0.4, -0.2) is 36.5 Å². The second-order valence-electron chi connectivity index (χ2n) is 4.81. The molecule has 0 aliphatic heterocycles. The van der Waals surface area contributed by atoms with Crippen molar-refractivity contribution in [1.82, 2.24) is 9.34 Å². The summed E-state index contributed by atoms with van der Waals surface area (Å²) in [6, 6.07) is 9.27. The molecule has 0 bridgehead atoms. The lowest BCUT2D eigenvalue weighted by atomic mass is 10.3. The zero-order valence-corrected chi connectivity index (χ0v) is 13.8. The van der Waals surface area contributed by atoms with Crippen LogP contribution >= 0.6 is 7.67 Å². The lowest BCUT2D eigenvalue weighted by Crippen LogP contribution is -2.31. The molecule has 0 radical (unpaired) electrons. The molecule has 0 amide bonds. The Kier molecular flexibility index (Phi) is 7.44. The minimum Gasteiger partial charge on any atom is -0.422 e. The normalized spacial score (nSPS) is 11.6. The Bertz CT molecular complexity index is 468. The highest BCUT2D eigenvalue weighted by atomic mass is 31.2. The van der Waals surface area contributed by atoms with Crippen LogP contribution in [0.5, 0.6) is 5.75 Å². The van der Waals surface area contributed by atoms with Crippen LogP contribution < -0.4 is 4.52 Å². The van der Waals surface area contributed by atoms with Gasteiger partial charge in [-0.15, -0.1) is 13.2 Å². The van der Waals surface area contributed by atoms with Crippen LogP contribution in [0.3, 0.4) is 0 Å². The van der Waals surface area contributed by atoms with E-state index in [-0.39, 0.29) is 0 Å². The molecule has 4 nitrogen and oxygen atoms in total. The van der Waals surface area contributed by atoms with Crippen LogP contribution in [0.25, 0.3) is 0 Å². The van der Waals surface area contributed by atoms with Gasteiger partial charge in [-0.2, -0.15) is 0 Å². The SMILES string of the molecule is C=CCCN(C)P(=O)(Oc1ccccc1)N(C)CCC=C. The Morgan fingerprint density at radius 1 is 1.05 bits per heavy atom. The number of hydrogen-bond donors (Lipinski definition) is 0. The van der Waals surface area contributed by atoms with Gasteiger partial charge in [0.05, 0.1) is 0 Å². The molecule has 0 aliphatic rings. The van der Waals surface area contributed by atoms with E-state index in [1.54, 1.807) is 9.34 Å². The van der Waals surface area contributed by atoms with Crippen LogP contribution in [0.4, 0.5) is 0 Å². The number of rotatable bonds is 10. The van der Waals surface area contributed by atoms with Gasteiger partial charge in [0.1, 0.15) is 5.75 Å². The first-order valence-corrected chi connectivity index (χ1v) is 8.57. The van der Waals surface area contributed by atoms with Gasteiger partial charge < -0.3 is 4.52 Å². The summed E-state index contributed by atoms with van der Waals surface area (Å²) in [6.45, 7) is 8.68. The van der Waals surface area contributed by atoms with Gasteiger partial charge >= 0.3 is 7.67 Å². The van der Waals surface area contributed by atoms with Crippen LogP contribution in [0, 0.1) is 0 Å². The summed E-state index contributed by atoms with van der Waals surface area (Å²) in [7, 11) is 0.523. The molecule has 116 valence electrons. The standard InChI is InChI=1S/C16H25N2O2P/c1-5-7-14-17(3)21(19,18(4)15-8-6-2)20-16-12-10-9-11-13-16/h5-6,9-13H,1-2,7-8,14-15H2,3-4H3. The van der Waals surface area contributed by atoms with Gasteiger partial charge in [0, 0.05) is 13.1 Å². The fraction of sp³-hybridized carbons (Fsp3) is 0.375. The molecular formula is C16H25N2O2P. The number of hydrogen-bond acceptors (Lipinski definition) is 2. The summed E-state index contributed by atoms with van der Waals surface area (Å²) in [6.07, 6.45) is 5.14. The van der Waals surface area contributed by atoms with E-state index in [1.807, 2.05) is 56.6 Å². The van der Waals surface area contributed by atoms with Crippen molar-refractivity contribution in [3.05, 3.63) is 55.6 Å². The van der Waals surface area contributed by atoms with Gasteiger partial charge in [0.25, 0.3) is 0 Å². The predicted molar refractivity (Wildman–Crippen MR) is 89.6 cm³/mol. The number of nitrogens with zero attached hydrogens (tertiary/aromatic N) is 2. The van der Waals surface area contributed by atoms with E-state index in [0.29, 0.717) is 18.8 Å². The summed E-state index contributed by atoms with van der Waals surface area (Å²) in [5.41, 5.74) is 0. The monoisotopic (exact) mass is 308 g/mol. The molecule has 5 heteroatoms. The molecule has 0 spiro atoms. The molecule has 0 saturated carbocycles. The maximum atomic E-state index is 13.4. The molecule has 0 atom stereocenters. The molecule has 1 aromatic rings. The Morgan fingerprint density at radius 3 is 1.95 bits per heavy atom. The molecule has 0 N–H and O–H groups in total. The van der Waals surface area contributed by atoms with E-state index < -0.39 is 7.67 Å². The first-order chi connectivity index (χ1) is 10.0. The Labute approximate surface area is 128 Å². The summed E-state index contributed by atoms with van der Waals surface area (Å²) in [5.74, 6) is 0.608. The van der Waals surface area contributed by atoms with Crippen molar-refractivity contribution < 1.29 is 9.09 Å². The molecule has 1 rings (SSSR count). The van der Waals surface area contributed by atoms with Crippen molar-refractivity contribution in [2.24, 2.45) is 0 Å². The molecule has 0 fully saturated rings. The van der Waals surface area contributed by atoms with E-state index in [9.17, 15) is 4.57 Å². The highest BCUT2D eigenvalue weighted by Crippen LogP contribution is 2.52. The first-order valence-electron chi connectivity index (χ1n) is 7.04. The Hall–Kier alpha value is -1.35. The number of benzene rings is 1. The lowest BCUT2D eigenvalue weighted by Gasteiger charge is -2.34. The smallest absolute Gasteiger partial charge is 0.395 e. The lowest BCUT2D eigenvalue weighted by molar-refractivity contribution is 0.317. The zero-order chi connectivity index (χ0) is 15.7. The van der Waals surface area contributed by atoms with Crippen molar-refractivity contribution in [2.45, 2.75) is 12.8 Å². The van der Waals surface area contributed by atoms with Crippen molar-refractivity contribution >= 4 is 7.67 Å². The fourth-order valence-corrected chi connectivity index (χ4v) is 3.76. The van der Waals surface area contributed by atoms with Gasteiger partial charge in [-0.1, -0.05) is 30.4 Å². The second kappa shape index (κ2) is 8.83. The molecule has 1 aromatic carbocycles. The van der Waals surface area contributed by atoms with Gasteiger partial charge in [-0.3, -0.25) is 0 Å². The summed E-state index contributed by atoms with van der Waals surface area (Å²) in [5, 5.41) is 0. The minimum absolute atomic E-state index is 0.608. The van der Waals surface area contributed by atoms with Crippen LogP contribution in [0.1, 0.15) is 12.8 Å². The zero-order valence-electron chi connectivity index (χ0n) is 12.9. The van der Waals surface area contributed by atoms with Gasteiger partial charge in [-0.05, 0) is 39.1 Å². The fourth-order valence-electron chi connectivity index (χ4n) is 1.83.